The molecule has 9 nitrogen and oxygen atoms in total. The smallest absolute Gasteiger partial charge is 0.142 e. The number of nitrogens with zero attached hydrogens (tertiary/aromatic N) is 7. The highest BCUT2D eigenvalue weighted by Crippen LogP contribution is 2.45. The molecule has 1 aromatic carbocycles. The molecule has 0 aliphatic heterocycles. The summed E-state index contributed by atoms with van der Waals surface area (Å²) < 4.78 is 9.97. The lowest BCUT2D eigenvalue weighted by atomic mass is 9.95. The van der Waals surface area contributed by atoms with Gasteiger partial charge < -0.3 is 14.6 Å². The SMILES string of the molecule is Clc1cc(Nc2ncnc3sc4c(c23)CCc2nn(CCn3ccnc3)cc2-4)ccc1OCc1ccccn1. The van der Waals surface area contributed by atoms with Gasteiger partial charge in [0.25, 0.3) is 0 Å². The molecule has 0 amide bonds. The van der Waals surface area contributed by atoms with Gasteiger partial charge in [-0.2, -0.15) is 5.10 Å². The third-order valence-electron chi connectivity index (χ3n) is 6.72. The fourth-order valence-corrected chi connectivity index (χ4v) is 6.30. The van der Waals surface area contributed by atoms with Crippen LogP contribution in [0.1, 0.15) is 17.0 Å². The maximum absolute atomic E-state index is 6.56. The van der Waals surface area contributed by atoms with Gasteiger partial charge in [-0.25, -0.2) is 15.0 Å². The second-order valence-corrected chi connectivity index (χ2v) is 10.7. The van der Waals surface area contributed by atoms with Gasteiger partial charge in [0, 0.05) is 47.5 Å². The zero-order chi connectivity index (χ0) is 26.2. The highest BCUT2D eigenvalue weighted by Gasteiger charge is 2.26. The minimum atomic E-state index is 0.350. The van der Waals surface area contributed by atoms with Crippen molar-refractivity contribution in [2.24, 2.45) is 0 Å². The number of aromatic nitrogens is 7. The molecule has 1 N–H and O–H groups in total. The van der Waals surface area contributed by atoms with Crippen LogP contribution >= 0.6 is 22.9 Å². The summed E-state index contributed by atoms with van der Waals surface area (Å²) in [7, 11) is 0. The van der Waals surface area contributed by atoms with E-state index in [0.717, 1.165) is 59.0 Å². The van der Waals surface area contributed by atoms with Crippen molar-refractivity contribution in [1.29, 1.82) is 0 Å². The summed E-state index contributed by atoms with van der Waals surface area (Å²) in [5, 5.41) is 9.90. The number of nitrogens with one attached hydrogen (secondary N) is 1. The maximum atomic E-state index is 6.56. The number of pyridine rings is 1. The van der Waals surface area contributed by atoms with Crippen molar-refractivity contribution in [2.75, 3.05) is 5.32 Å². The van der Waals surface area contributed by atoms with E-state index in [2.05, 4.69) is 36.0 Å². The number of fused-ring (bicyclic) bond motifs is 5. The topological polar surface area (TPSA) is 95.6 Å². The molecular weight excluding hydrogens is 532 g/mol. The normalized spacial score (nSPS) is 12.3. The molecule has 5 heterocycles. The Morgan fingerprint density at radius 2 is 2.03 bits per heavy atom. The Balaban J connectivity index is 1.13. The van der Waals surface area contributed by atoms with Gasteiger partial charge in [0.05, 0.1) is 34.7 Å². The van der Waals surface area contributed by atoms with Crippen LogP contribution in [-0.4, -0.2) is 34.3 Å². The van der Waals surface area contributed by atoms with Gasteiger partial charge in [0.1, 0.15) is 29.3 Å². The number of halogens is 1. The monoisotopic (exact) mass is 554 g/mol. The van der Waals surface area contributed by atoms with E-state index in [0.29, 0.717) is 17.4 Å². The van der Waals surface area contributed by atoms with Crippen molar-refractivity contribution in [2.45, 2.75) is 32.5 Å². The molecule has 0 radical (unpaired) electrons. The molecule has 0 saturated heterocycles. The molecule has 11 heteroatoms. The highest BCUT2D eigenvalue weighted by molar-refractivity contribution is 7.22. The van der Waals surface area contributed by atoms with E-state index in [1.54, 1.807) is 30.1 Å². The van der Waals surface area contributed by atoms with Crippen LogP contribution in [0.3, 0.4) is 0 Å². The molecule has 0 spiro atoms. The van der Waals surface area contributed by atoms with Crippen LogP contribution in [0.5, 0.6) is 5.75 Å². The van der Waals surface area contributed by atoms with E-state index >= 15 is 0 Å². The predicted molar refractivity (Wildman–Crippen MR) is 152 cm³/mol. The van der Waals surface area contributed by atoms with E-state index in [1.165, 1.54) is 16.0 Å². The van der Waals surface area contributed by atoms with Gasteiger partial charge in [-0.3, -0.25) is 9.67 Å². The molecule has 7 rings (SSSR count). The lowest BCUT2D eigenvalue weighted by molar-refractivity contribution is 0.301. The molecule has 0 atom stereocenters. The number of imidazole rings is 1. The second kappa shape index (κ2) is 10.1. The molecule has 39 heavy (non-hydrogen) atoms. The molecule has 6 aromatic rings. The fraction of sp³-hybridized carbons (Fsp3) is 0.179. The van der Waals surface area contributed by atoms with Crippen molar-refractivity contribution in [3.05, 3.63) is 95.8 Å². The zero-order valence-corrected chi connectivity index (χ0v) is 22.4. The summed E-state index contributed by atoms with van der Waals surface area (Å²) in [5.41, 5.74) is 5.26. The molecule has 0 saturated carbocycles. The van der Waals surface area contributed by atoms with E-state index in [9.17, 15) is 0 Å². The number of ether oxygens (including phenoxy) is 1. The molecule has 0 fully saturated rings. The van der Waals surface area contributed by atoms with E-state index in [1.807, 2.05) is 53.6 Å². The van der Waals surface area contributed by atoms with Crippen LogP contribution in [0.4, 0.5) is 11.5 Å². The molecule has 0 bridgehead atoms. The van der Waals surface area contributed by atoms with Crippen LogP contribution < -0.4 is 10.1 Å². The van der Waals surface area contributed by atoms with E-state index < -0.39 is 0 Å². The molecule has 1 aliphatic carbocycles. The Bertz CT molecular complexity index is 1760. The van der Waals surface area contributed by atoms with Crippen molar-refractivity contribution in [3.8, 4) is 16.2 Å². The zero-order valence-electron chi connectivity index (χ0n) is 20.8. The number of aryl methyl sites for hydroxylation is 4. The first-order valence-corrected chi connectivity index (χ1v) is 13.8. The Morgan fingerprint density at radius 1 is 1.05 bits per heavy atom. The standard InChI is InChI=1S/C28H23ClN8OS/c29-22-13-18(4-7-24(22)38-15-19-3-1-2-8-31-19)34-27-25-20-5-6-23-21(26(20)39-28(25)33-16-32-27)14-37(35-23)12-11-36-10-9-30-17-36/h1-4,7-10,13-14,16-17H,5-6,11-12,15H2,(H,32,33,34). The fourth-order valence-electron chi connectivity index (χ4n) is 4.84. The van der Waals surface area contributed by atoms with Gasteiger partial charge in [0.15, 0.2) is 0 Å². The van der Waals surface area contributed by atoms with Crippen LogP contribution in [0.15, 0.2) is 73.8 Å². The third-order valence-corrected chi connectivity index (χ3v) is 8.19. The van der Waals surface area contributed by atoms with Gasteiger partial charge >= 0.3 is 0 Å². The molecule has 1 aliphatic rings. The predicted octanol–water partition coefficient (Wildman–Crippen LogP) is 5.92. The minimum absolute atomic E-state index is 0.350. The lowest BCUT2D eigenvalue weighted by Gasteiger charge is -2.13. The highest BCUT2D eigenvalue weighted by atomic mass is 35.5. The number of hydrogen-bond donors (Lipinski definition) is 1. The lowest BCUT2D eigenvalue weighted by Crippen LogP contribution is -2.07. The molecule has 0 unspecified atom stereocenters. The van der Waals surface area contributed by atoms with Crippen molar-refractivity contribution >= 4 is 44.7 Å². The van der Waals surface area contributed by atoms with Gasteiger partial charge in [-0.15, -0.1) is 11.3 Å². The first kappa shape index (κ1) is 23.8. The minimum Gasteiger partial charge on any atom is -0.486 e. The molecular formula is C28H23ClN8OS. The number of thiophene rings is 1. The summed E-state index contributed by atoms with van der Waals surface area (Å²) in [5.74, 6) is 1.37. The average Bonchev–Trinajstić information content (AvgIpc) is 3.70. The van der Waals surface area contributed by atoms with Crippen molar-refractivity contribution in [1.82, 2.24) is 34.3 Å². The van der Waals surface area contributed by atoms with Gasteiger partial charge in [0.2, 0.25) is 0 Å². The Morgan fingerprint density at radius 3 is 2.87 bits per heavy atom. The van der Waals surface area contributed by atoms with Crippen molar-refractivity contribution in [3.63, 3.8) is 0 Å². The first-order valence-electron chi connectivity index (χ1n) is 12.6. The summed E-state index contributed by atoms with van der Waals surface area (Å²) in [6, 6.07) is 11.4. The van der Waals surface area contributed by atoms with Crippen molar-refractivity contribution < 1.29 is 4.74 Å². The largest absolute Gasteiger partial charge is 0.486 e. The van der Waals surface area contributed by atoms with Gasteiger partial charge in [-0.1, -0.05) is 17.7 Å². The number of anilines is 2. The van der Waals surface area contributed by atoms with Crippen LogP contribution in [-0.2, 0) is 32.5 Å². The summed E-state index contributed by atoms with van der Waals surface area (Å²) in [4.78, 5) is 19.8. The molecule has 194 valence electrons. The van der Waals surface area contributed by atoms with Crippen LogP contribution in [0, 0.1) is 0 Å². The first-order chi connectivity index (χ1) is 19.2. The quantitative estimate of drug-likeness (QED) is 0.249. The average molecular weight is 555 g/mol. The number of rotatable bonds is 8. The Labute approximate surface area is 233 Å². The number of hydrogen-bond acceptors (Lipinski definition) is 8. The van der Waals surface area contributed by atoms with Crippen LogP contribution in [0.25, 0.3) is 20.7 Å². The van der Waals surface area contributed by atoms with E-state index in [4.69, 9.17) is 21.4 Å². The third kappa shape index (κ3) is 4.73. The maximum Gasteiger partial charge on any atom is 0.142 e. The summed E-state index contributed by atoms with van der Waals surface area (Å²) in [6.07, 6.45) is 12.9. The Hall–Kier alpha value is -4.28. The van der Waals surface area contributed by atoms with Gasteiger partial charge in [-0.05, 0) is 48.7 Å². The molecule has 5 aromatic heterocycles. The summed E-state index contributed by atoms with van der Waals surface area (Å²) >= 11 is 8.26. The second-order valence-electron chi connectivity index (χ2n) is 9.25. The summed E-state index contributed by atoms with van der Waals surface area (Å²) in [6.45, 7) is 1.97. The van der Waals surface area contributed by atoms with E-state index in [-0.39, 0.29) is 0 Å². The Kier molecular flexibility index (Phi) is 6.18. The van der Waals surface area contributed by atoms with Crippen LogP contribution in [0.2, 0.25) is 5.02 Å². The number of benzene rings is 1.